The highest BCUT2D eigenvalue weighted by molar-refractivity contribution is 9.11. The predicted octanol–water partition coefficient (Wildman–Crippen LogP) is 12.1. The van der Waals surface area contributed by atoms with E-state index in [2.05, 4.69) is 85.5 Å². The van der Waals surface area contributed by atoms with Gasteiger partial charge in [0.05, 0.1) is 17.3 Å². The molecule has 5 heteroatoms. The Morgan fingerprint density at radius 2 is 1.21 bits per heavy atom. The van der Waals surface area contributed by atoms with Crippen LogP contribution < -0.4 is 4.74 Å². The van der Waals surface area contributed by atoms with Gasteiger partial charge in [-0.05, 0) is 87.3 Å². The zero-order valence-electron chi connectivity index (χ0n) is 22.0. The number of thiophene rings is 2. The minimum absolute atomic E-state index is 0.204. The third-order valence-corrected chi connectivity index (χ3v) is 10.8. The maximum atomic E-state index is 7.03. The first-order valence-electron chi connectivity index (χ1n) is 13.4. The Bertz CT molecular complexity index is 874. The second kappa shape index (κ2) is 13.1. The molecule has 3 heterocycles. The van der Waals surface area contributed by atoms with Crippen molar-refractivity contribution in [2.24, 2.45) is 23.7 Å². The number of rotatable bonds is 14. The van der Waals surface area contributed by atoms with Crippen LogP contribution in [0.4, 0.5) is 0 Å². The van der Waals surface area contributed by atoms with E-state index in [-0.39, 0.29) is 5.60 Å². The fourth-order valence-corrected chi connectivity index (χ4v) is 8.55. The quantitative estimate of drug-likeness (QED) is 0.201. The first kappa shape index (κ1) is 28.7. The normalized spacial score (nSPS) is 19.2. The number of hydrogen-bond donors (Lipinski definition) is 0. The van der Waals surface area contributed by atoms with Crippen LogP contribution in [0.1, 0.15) is 111 Å². The standard InChI is InChI=1S/C29H44Br2OS2/c1-19(2)9-7-11-21(5)13-15-29(16-14-22(6)12-8-10-20(3)4)23-17-25(30)33-27(23)28-24(32-29)18-26(31)34-28/h17-22H,7-16H2,1-6H3. The smallest absolute Gasteiger partial charge is 0.141 e. The molecule has 2 aromatic rings. The average Bonchev–Trinajstić information content (AvgIpc) is 3.32. The summed E-state index contributed by atoms with van der Waals surface area (Å²) in [5.41, 5.74) is 1.22. The molecule has 192 valence electrons. The highest BCUT2D eigenvalue weighted by Gasteiger charge is 2.43. The zero-order valence-corrected chi connectivity index (χ0v) is 26.8. The number of fused-ring (bicyclic) bond motifs is 3. The van der Waals surface area contributed by atoms with Crippen molar-refractivity contribution < 1.29 is 4.74 Å². The van der Waals surface area contributed by atoms with Crippen LogP contribution in [-0.4, -0.2) is 0 Å². The van der Waals surface area contributed by atoms with Gasteiger partial charge in [-0.2, -0.15) is 0 Å². The van der Waals surface area contributed by atoms with E-state index in [4.69, 9.17) is 4.74 Å². The van der Waals surface area contributed by atoms with Crippen LogP contribution in [0.5, 0.6) is 5.75 Å². The molecule has 0 bridgehead atoms. The molecule has 0 saturated heterocycles. The van der Waals surface area contributed by atoms with Gasteiger partial charge >= 0.3 is 0 Å². The molecule has 1 aliphatic rings. The van der Waals surface area contributed by atoms with E-state index in [9.17, 15) is 0 Å². The van der Waals surface area contributed by atoms with Gasteiger partial charge in [0.25, 0.3) is 0 Å². The molecule has 0 N–H and O–H groups in total. The van der Waals surface area contributed by atoms with Gasteiger partial charge in [0.15, 0.2) is 0 Å². The molecule has 1 aliphatic heterocycles. The molecule has 0 fully saturated rings. The van der Waals surface area contributed by atoms with E-state index in [1.807, 2.05) is 11.3 Å². The summed E-state index contributed by atoms with van der Waals surface area (Å²) < 4.78 is 9.41. The van der Waals surface area contributed by atoms with Crippen molar-refractivity contribution in [3.8, 4) is 15.5 Å². The van der Waals surface area contributed by atoms with E-state index >= 15 is 0 Å². The fourth-order valence-electron chi connectivity index (χ4n) is 5.21. The monoisotopic (exact) mass is 630 g/mol. The van der Waals surface area contributed by atoms with E-state index in [0.717, 1.165) is 46.0 Å². The van der Waals surface area contributed by atoms with E-state index in [0.29, 0.717) is 0 Å². The van der Waals surface area contributed by atoms with Gasteiger partial charge in [0, 0.05) is 11.6 Å². The third kappa shape index (κ3) is 7.83. The second-order valence-corrected chi connectivity index (χ2v) is 16.4. The van der Waals surface area contributed by atoms with E-state index in [1.54, 1.807) is 11.3 Å². The molecule has 0 radical (unpaired) electrons. The van der Waals surface area contributed by atoms with Gasteiger partial charge in [0.1, 0.15) is 11.4 Å². The molecule has 34 heavy (non-hydrogen) atoms. The molecule has 0 aliphatic carbocycles. The Kier molecular flexibility index (Phi) is 11.1. The van der Waals surface area contributed by atoms with Crippen molar-refractivity contribution in [3.63, 3.8) is 0 Å². The Morgan fingerprint density at radius 3 is 1.74 bits per heavy atom. The van der Waals surface area contributed by atoms with Crippen LogP contribution in [0, 0.1) is 23.7 Å². The number of halogens is 2. The maximum Gasteiger partial charge on any atom is 0.141 e. The summed E-state index contributed by atoms with van der Waals surface area (Å²) in [4.78, 5) is 2.71. The number of ether oxygens (including phenoxy) is 1. The van der Waals surface area contributed by atoms with E-state index < -0.39 is 0 Å². The minimum atomic E-state index is -0.204. The summed E-state index contributed by atoms with van der Waals surface area (Å²) in [7, 11) is 0. The zero-order chi connectivity index (χ0) is 24.9. The van der Waals surface area contributed by atoms with Gasteiger partial charge in [-0.1, -0.05) is 80.1 Å². The van der Waals surface area contributed by atoms with Crippen molar-refractivity contribution in [2.45, 2.75) is 111 Å². The highest BCUT2D eigenvalue weighted by atomic mass is 79.9. The number of hydrogen-bond acceptors (Lipinski definition) is 3. The maximum absolute atomic E-state index is 7.03. The van der Waals surface area contributed by atoms with Crippen molar-refractivity contribution >= 4 is 54.5 Å². The van der Waals surface area contributed by atoms with Crippen molar-refractivity contribution in [1.82, 2.24) is 0 Å². The highest BCUT2D eigenvalue weighted by Crippen LogP contribution is 2.57. The Balaban J connectivity index is 1.78. The molecule has 3 rings (SSSR count). The summed E-state index contributed by atoms with van der Waals surface area (Å²) in [6.07, 6.45) is 12.7. The Hall–Kier alpha value is 0.160. The first-order chi connectivity index (χ1) is 16.1. The van der Waals surface area contributed by atoms with Crippen molar-refractivity contribution in [1.29, 1.82) is 0 Å². The van der Waals surface area contributed by atoms with Crippen molar-refractivity contribution in [3.05, 3.63) is 25.3 Å². The first-order valence-corrected chi connectivity index (χ1v) is 16.6. The summed E-state index contributed by atoms with van der Waals surface area (Å²) in [5.74, 6) is 4.17. The van der Waals surface area contributed by atoms with Gasteiger partial charge in [-0.15, -0.1) is 22.7 Å². The Morgan fingerprint density at radius 1 is 0.706 bits per heavy atom. The minimum Gasteiger partial charge on any atom is -0.481 e. The third-order valence-electron chi connectivity index (χ3n) is 7.41. The molecule has 0 aromatic carbocycles. The second-order valence-electron chi connectivity index (χ2n) is 11.6. The lowest BCUT2D eigenvalue weighted by molar-refractivity contribution is 0.0323. The molecule has 2 atom stereocenters. The summed E-state index contributed by atoms with van der Waals surface area (Å²) in [6.45, 7) is 14.2. The summed E-state index contributed by atoms with van der Waals surface area (Å²) >= 11 is 11.2. The topological polar surface area (TPSA) is 9.23 Å². The van der Waals surface area contributed by atoms with Crippen LogP contribution in [0.3, 0.4) is 0 Å². The van der Waals surface area contributed by atoms with Gasteiger partial charge in [0.2, 0.25) is 0 Å². The van der Waals surface area contributed by atoms with Gasteiger partial charge in [-0.25, -0.2) is 0 Å². The molecule has 1 nitrogen and oxygen atoms in total. The van der Waals surface area contributed by atoms with Crippen LogP contribution in [0.2, 0.25) is 0 Å². The molecular formula is C29H44Br2OS2. The molecule has 0 amide bonds. The molecule has 0 saturated carbocycles. The lowest BCUT2D eigenvalue weighted by atomic mass is 9.79. The summed E-state index contributed by atoms with van der Waals surface area (Å²) in [5, 5.41) is 0. The molecular weight excluding hydrogens is 588 g/mol. The van der Waals surface area contributed by atoms with Crippen molar-refractivity contribution in [2.75, 3.05) is 0 Å². The average molecular weight is 633 g/mol. The SMILES string of the molecule is CC(C)CCCC(C)CCC1(CCC(C)CCCC(C)C)Oc2cc(Br)sc2-c2sc(Br)cc21. The molecule has 2 aromatic heterocycles. The largest absolute Gasteiger partial charge is 0.481 e. The lowest BCUT2D eigenvalue weighted by Gasteiger charge is -2.39. The van der Waals surface area contributed by atoms with Gasteiger partial charge in [-0.3, -0.25) is 0 Å². The van der Waals surface area contributed by atoms with Crippen LogP contribution >= 0.6 is 54.5 Å². The fraction of sp³-hybridized carbons (Fsp3) is 0.724. The summed E-state index contributed by atoms with van der Waals surface area (Å²) in [6, 6.07) is 4.56. The lowest BCUT2D eigenvalue weighted by Crippen LogP contribution is -2.36. The van der Waals surface area contributed by atoms with Crippen LogP contribution in [-0.2, 0) is 5.60 Å². The Labute approximate surface area is 233 Å². The van der Waals surface area contributed by atoms with E-state index in [1.165, 1.54) is 70.5 Å². The van der Waals surface area contributed by atoms with Crippen LogP contribution in [0.15, 0.2) is 19.7 Å². The molecule has 0 spiro atoms. The van der Waals surface area contributed by atoms with Gasteiger partial charge < -0.3 is 4.74 Å². The predicted molar refractivity (Wildman–Crippen MR) is 160 cm³/mol. The van der Waals surface area contributed by atoms with Crippen LogP contribution in [0.25, 0.3) is 9.75 Å². The molecule has 2 unspecified atom stereocenters.